The molecule has 2 heterocycles. The predicted molar refractivity (Wildman–Crippen MR) is 116 cm³/mol. The molecule has 0 saturated carbocycles. The fourth-order valence-electron chi connectivity index (χ4n) is 3.79. The van der Waals surface area contributed by atoms with E-state index in [0.717, 1.165) is 45.7 Å². The van der Waals surface area contributed by atoms with Crippen LogP contribution >= 0.6 is 11.8 Å². The van der Waals surface area contributed by atoms with Gasteiger partial charge in [-0.2, -0.15) is 0 Å². The van der Waals surface area contributed by atoms with E-state index in [2.05, 4.69) is 69.0 Å². The lowest BCUT2D eigenvalue weighted by molar-refractivity contribution is -0.120. The van der Waals surface area contributed by atoms with Crippen molar-refractivity contribution >= 4 is 29.0 Å². The van der Waals surface area contributed by atoms with Crippen LogP contribution in [0, 0.1) is 0 Å². The van der Waals surface area contributed by atoms with Crippen LogP contribution in [0.4, 0.5) is 11.4 Å². The summed E-state index contributed by atoms with van der Waals surface area (Å²) in [6.45, 7) is 6.88. The Labute approximate surface area is 171 Å². The zero-order valence-electron chi connectivity index (χ0n) is 16.2. The predicted octanol–water partition coefficient (Wildman–Crippen LogP) is 3.09. The first-order valence-electron chi connectivity index (χ1n) is 10.1. The number of fused-ring (bicyclic) bond motifs is 2. The van der Waals surface area contributed by atoms with Crippen molar-refractivity contribution < 1.29 is 4.79 Å². The van der Waals surface area contributed by atoms with Crippen molar-refractivity contribution in [2.75, 3.05) is 50.7 Å². The maximum atomic E-state index is 12.4. The average Bonchev–Trinajstić information content (AvgIpc) is 2.75. The van der Waals surface area contributed by atoms with E-state index < -0.39 is 0 Å². The lowest BCUT2D eigenvalue weighted by atomic mass is 10.2. The van der Waals surface area contributed by atoms with Gasteiger partial charge in [-0.25, -0.2) is 0 Å². The summed E-state index contributed by atoms with van der Waals surface area (Å²) in [4.78, 5) is 19.6. The van der Waals surface area contributed by atoms with E-state index in [1.54, 1.807) is 11.8 Å². The van der Waals surface area contributed by atoms with Gasteiger partial charge in [-0.1, -0.05) is 36.0 Å². The largest absolute Gasteiger partial charge is 0.356 e. The number of nitrogens with zero attached hydrogens (tertiary/aromatic N) is 2. The smallest absolute Gasteiger partial charge is 0.221 e. The summed E-state index contributed by atoms with van der Waals surface area (Å²) in [7, 11) is 0. The van der Waals surface area contributed by atoms with E-state index in [-0.39, 0.29) is 5.91 Å². The molecule has 2 aromatic carbocycles. The highest BCUT2D eigenvalue weighted by Crippen LogP contribution is 2.47. The van der Waals surface area contributed by atoms with E-state index in [0.29, 0.717) is 13.0 Å². The van der Waals surface area contributed by atoms with Gasteiger partial charge in [0.2, 0.25) is 5.91 Å². The molecule has 1 saturated heterocycles. The molecule has 148 valence electrons. The molecule has 0 spiro atoms. The van der Waals surface area contributed by atoms with Gasteiger partial charge < -0.3 is 20.4 Å². The van der Waals surface area contributed by atoms with Crippen LogP contribution in [0.1, 0.15) is 12.8 Å². The van der Waals surface area contributed by atoms with Crippen molar-refractivity contribution in [3.63, 3.8) is 0 Å². The molecule has 1 amide bonds. The molecule has 2 N–H and O–H groups in total. The summed E-state index contributed by atoms with van der Waals surface area (Å²) >= 11 is 1.80. The molecule has 2 aromatic rings. The second-order valence-electron chi connectivity index (χ2n) is 7.23. The van der Waals surface area contributed by atoms with Crippen molar-refractivity contribution in [3.05, 3.63) is 48.5 Å². The number of carbonyl (C=O) groups excluding carboxylic acids is 1. The average molecular weight is 397 g/mol. The summed E-state index contributed by atoms with van der Waals surface area (Å²) < 4.78 is 0. The Morgan fingerprint density at radius 2 is 1.61 bits per heavy atom. The van der Waals surface area contributed by atoms with E-state index >= 15 is 0 Å². The first-order valence-corrected chi connectivity index (χ1v) is 11.0. The molecule has 1 fully saturated rings. The van der Waals surface area contributed by atoms with Crippen LogP contribution in [0.25, 0.3) is 0 Å². The third-order valence-corrected chi connectivity index (χ3v) is 6.41. The molecule has 5 nitrogen and oxygen atoms in total. The van der Waals surface area contributed by atoms with Crippen LogP contribution in [0.2, 0.25) is 0 Å². The highest BCUT2D eigenvalue weighted by molar-refractivity contribution is 7.99. The second kappa shape index (κ2) is 9.45. The standard InChI is InChI=1S/C22H28N4OS/c27-22(24-11-5-14-25-16-12-23-13-17-25)10-15-26-18-6-1-3-8-20(18)28-21-9-4-2-7-19(21)26/h1-4,6-9,23H,5,10-17H2,(H,24,27). The van der Waals surface area contributed by atoms with Crippen molar-refractivity contribution in [2.24, 2.45) is 0 Å². The van der Waals surface area contributed by atoms with Gasteiger partial charge in [0.25, 0.3) is 0 Å². The second-order valence-corrected chi connectivity index (χ2v) is 8.32. The number of nitrogens with one attached hydrogen (secondary N) is 2. The van der Waals surface area contributed by atoms with Crippen molar-refractivity contribution in [1.29, 1.82) is 0 Å². The highest BCUT2D eigenvalue weighted by atomic mass is 32.2. The van der Waals surface area contributed by atoms with Gasteiger partial charge in [0.1, 0.15) is 0 Å². The summed E-state index contributed by atoms with van der Waals surface area (Å²) in [6, 6.07) is 16.9. The number of hydrogen-bond donors (Lipinski definition) is 2. The van der Waals surface area contributed by atoms with Gasteiger partial charge in [0.05, 0.1) is 11.4 Å². The number of piperazine rings is 1. The number of para-hydroxylation sites is 2. The molecule has 0 aromatic heterocycles. The third kappa shape index (κ3) is 4.69. The Balaban J connectivity index is 1.29. The number of carbonyl (C=O) groups is 1. The molecule has 28 heavy (non-hydrogen) atoms. The molecular weight excluding hydrogens is 368 g/mol. The van der Waals surface area contributed by atoms with Crippen LogP contribution in [0.3, 0.4) is 0 Å². The van der Waals surface area contributed by atoms with Crippen LogP contribution in [-0.2, 0) is 4.79 Å². The minimum absolute atomic E-state index is 0.133. The van der Waals surface area contributed by atoms with Gasteiger partial charge in [-0.05, 0) is 37.2 Å². The highest BCUT2D eigenvalue weighted by Gasteiger charge is 2.23. The summed E-state index contributed by atoms with van der Waals surface area (Å²) in [5.74, 6) is 0.133. The zero-order valence-corrected chi connectivity index (χ0v) is 17.0. The molecule has 2 aliphatic rings. The minimum atomic E-state index is 0.133. The normalized spacial score (nSPS) is 16.4. The Kier molecular flexibility index (Phi) is 6.52. The molecule has 6 heteroatoms. The molecule has 4 rings (SSSR count). The van der Waals surface area contributed by atoms with Gasteiger partial charge in [0.15, 0.2) is 0 Å². The van der Waals surface area contributed by atoms with E-state index in [1.807, 2.05) is 0 Å². The Hall–Kier alpha value is -2.02. The summed E-state index contributed by atoms with van der Waals surface area (Å²) in [5, 5.41) is 6.46. The van der Waals surface area contributed by atoms with Crippen LogP contribution in [0.5, 0.6) is 0 Å². The zero-order chi connectivity index (χ0) is 19.2. The van der Waals surface area contributed by atoms with Gasteiger partial charge >= 0.3 is 0 Å². The van der Waals surface area contributed by atoms with E-state index in [4.69, 9.17) is 0 Å². The maximum Gasteiger partial charge on any atom is 0.221 e. The van der Waals surface area contributed by atoms with Gasteiger partial charge in [0, 0.05) is 55.5 Å². The summed E-state index contributed by atoms with van der Waals surface area (Å²) in [6.07, 6.45) is 1.51. The summed E-state index contributed by atoms with van der Waals surface area (Å²) in [5.41, 5.74) is 2.38. The van der Waals surface area contributed by atoms with E-state index in [1.165, 1.54) is 21.2 Å². The van der Waals surface area contributed by atoms with Gasteiger partial charge in [-0.3, -0.25) is 4.79 Å². The molecule has 0 bridgehead atoms. The first kappa shape index (κ1) is 19.3. The van der Waals surface area contributed by atoms with Crippen LogP contribution in [-0.4, -0.2) is 56.6 Å². The van der Waals surface area contributed by atoms with Crippen molar-refractivity contribution in [2.45, 2.75) is 22.6 Å². The SMILES string of the molecule is O=C(CCN1c2ccccc2Sc2ccccc21)NCCCN1CCNCC1. The molecule has 0 unspecified atom stereocenters. The number of anilines is 2. The fraction of sp³-hybridized carbons (Fsp3) is 0.409. The lowest BCUT2D eigenvalue weighted by Crippen LogP contribution is -2.44. The maximum absolute atomic E-state index is 12.4. The number of rotatable bonds is 7. The third-order valence-electron chi connectivity index (χ3n) is 5.28. The Morgan fingerprint density at radius 3 is 2.29 bits per heavy atom. The van der Waals surface area contributed by atoms with Crippen LogP contribution < -0.4 is 15.5 Å². The number of amides is 1. The van der Waals surface area contributed by atoms with Crippen molar-refractivity contribution in [1.82, 2.24) is 15.5 Å². The lowest BCUT2D eigenvalue weighted by Gasteiger charge is -2.32. The molecule has 0 radical (unpaired) electrons. The van der Waals surface area contributed by atoms with Gasteiger partial charge in [-0.15, -0.1) is 0 Å². The topological polar surface area (TPSA) is 47.6 Å². The minimum Gasteiger partial charge on any atom is -0.356 e. The number of hydrogen-bond acceptors (Lipinski definition) is 5. The monoisotopic (exact) mass is 396 g/mol. The molecule has 2 aliphatic heterocycles. The molecule has 0 atom stereocenters. The molecular formula is C22H28N4OS. The number of benzene rings is 2. The molecule has 0 aliphatic carbocycles. The first-order chi connectivity index (χ1) is 13.8. The fourth-order valence-corrected chi connectivity index (χ4v) is 4.88. The Morgan fingerprint density at radius 1 is 0.964 bits per heavy atom. The van der Waals surface area contributed by atoms with Crippen molar-refractivity contribution in [3.8, 4) is 0 Å². The van der Waals surface area contributed by atoms with Crippen LogP contribution in [0.15, 0.2) is 58.3 Å². The Bertz CT molecular complexity index is 761. The quantitative estimate of drug-likeness (QED) is 0.705. The van der Waals surface area contributed by atoms with E-state index in [9.17, 15) is 4.79 Å².